The number of aliphatic hydroxyl groups is 12. The fourth-order valence-corrected chi connectivity index (χ4v) is 5.48. The highest BCUT2D eigenvalue weighted by Gasteiger charge is 2.56. The Balaban J connectivity index is 1.67. The second-order valence-corrected chi connectivity index (χ2v) is 11.2. The first-order valence-electron chi connectivity index (χ1n) is 14.4. The van der Waals surface area contributed by atoms with Gasteiger partial charge in [0.15, 0.2) is 25.2 Å². The molecular weight excluding hydrogens is 632 g/mol. The van der Waals surface area contributed by atoms with Crippen molar-refractivity contribution in [1.29, 1.82) is 0 Å². The van der Waals surface area contributed by atoms with Gasteiger partial charge in [-0.15, -0.1) is 6.42 Å². The van der Waals surface area contributed by atoms with Crippen molar-refractivity contribution < 1.29 is 99.2 Å². The summed E-state index contributed by atoms with van der Waals surface area (Å²) in [5, 5.41) is 124. The van der Waals surface area contributed by atoms with Crippen molar-refractivity contribution in [2.75, 3.05) is 33.0 Å². The molecule has 4 aliphatic rings. The molecule has 0 spiro atoms. The normalized spacial score (nSPS) is 50.2. The van der Waals surface area contributed by atoms with E-state index in [2.05, 4.69) is 5.92 Å². The van der Waals surface area contributed by atoms with E-state index in [0.717, 1.165) is 0 Å². The van der Waals surface area contributed by atoms with E-state index in [9.17, 15) is 61.3 Å². The van der Waals surface area contributed by atoms with Gasteiger partial charge in [-0.25, -0.2) is 0 Å². The van der Waals surface area contributed by atoms with Crippen LogP contribution in [0.25, 0.3) is 0 Å². The Morgan fingerprint density at radius 3 is 1.67 bits per heavy atom. The molecule has 0 saturated carbocycles. The Morgan fingerprint density at radius 1 is 0.522 bits per heavy atom. The summed E-state index contributed by atoms with van der Waals surface area (Å²) in [4.78, 5) is 0. The molecule has 0 aromatic heterocycles. The maximum Gasteiger partial charge on any atom is 0.187 e. The first-order valence-corrected chi connectivity index (χ1v) is 14.4. The molecule has 0 amide bonds. The molecule has 46 heavy (non-hydrogen) atoms. The average molecular weight is 675 g/mol. The van der Waals surface area contributed by atoms with Crippen LogP contribution in [0.15, 0.2) is 0 Å². The molecule has 0 aromatic rings. The predicted octanol–water partition coefficient (Wildman–Crippen LogP) is -8.45. The molecule has 4 heterocycles. The van der Waals surface area contributed by atoms with E-state index in [-0.39, 0.29) is 6.61 Å². The Bertz CT molecular complexity index is 982. The lowest BCUT2D eigenvalue weighted by Crippen LogP contribution is -2.68. The number of rotatable bonds is 11. The Morgan fingerprint density at radius 2 is 1.04 bits per heavy atom. The maximum atomic E-state index is 11.1. The lowest BCUT2D eigenvalue weighted by atomic mass is 9.95. The molecule has 19 atom stereocenters. The van der Waals surface area contributed by atoms with E-state index in [1.54, 1.807) is 0 Å². The standard InChI is InChI=1S/C26H42O20/c1-2-3-39-23-19(38)16(35)20(11(6-29)43-23)44-26-22(46-25-18(37)15(34)13(32)9(4-27)41-25)21(14(33)10(5-28)42-26)45-24-17(36)12(31)8(30)7-40-24/h1,8-38H,3-7H2/t8-,9-,10-,11-,12+,13-,14+,15+,16-,17-,18-,19-,20-,21+,22-,23-,24+,25+,26+/m1/s1. The zero-order valence-electron chi connectivity index (χ0n) is 24.2. The van der Waals surface area contributed by atoms with Gasteiger partial charge in [-0.2, -0.15) is 0 Å². The van der Waals surface area contributed by atoms with Crippen LogP contribution in [0.3, 0.4) is 0 Å². The molecular formula is C26H42O20. The molecule has 4 fully saturated rings. The van der Waals surface area contributed by atoms with Crippen LogP contribution in [0.2, 0.25) is 0 Å². The second kappa shape index (κ2) is 16.4. The van der Waals surface area contributed by atoms with Crippen LogP contribution in [0.1, 0.15) is 0 Å². The van der Waals surface area contributed by atoms with Crippen molar-refractivity contribution in [2.45, 2.75) is 117 Å². The monoisotopic (exact) mass is 674 g/mol. The fourth-order valence-electron chi connectivity index (χ4n) is 5.48. The van der Waals surface area contributed by atoms with Crippen LogP contribution in [0.5, 0.6) is 0 Å². The van der Waals surface area contributed by atoms with Crippen molar-refractivity contribution in [3.8, 4) is 12.3 Å². The first kappa shape index (κ1) is 37.6. The number of terminal acetylenes is 1. The second-order valence-electron chi connectivity index (χ2n) is 11.2. The van der Waals surface area contributed by atoms with Gasteiger partial charge in [-0.3, -0.25) is 0 Å². The lowest BCUT2D eigenvalue weighted by molar-refractivity contribution is -0.402. The van der Waals surface area contributed by atoms with Crippen LogP contribution in [-0.2, 0) is 37.9 Å². The summed E-state index contributed by atoms with van der Waals surface area (Å²) in [5.74, 6) is 2.16. The Kier molecular flexibility index (Phi) is 13.4. The summed E-state index contributed by atoms with van der Waals surface area (Å²) in [5.41, 5.74) is 0. The average Bonchev–Trinajstić information content (AvgIpc) is 3.05. The van der Waals surface area contributed by atoms with Crippen molar-refractivity contribution in [3.63, 3.8) is 0 Å². The Labute approximate surface area is 261 Å². The number of ether oxygens (including phenoxy) is 8. The van der Waals surface area contributed by atoms with E-state index < -0.39 is 143 Å². The highest BCUT2D eigenvalue weighted by Crippen LogP contribution is 2.35. The third kappa shape index (κ3) is 7.80. The molecule has 0 aromatic carbocycles. The van der Waals surface area contributed by atoms with Gasteiger partial charge >= 0.3 is 0 Å². The highest BCUT2D eigenvalue weighted by molar-refractivity contribution is 4.98. The van der Waals surface area contributed by atoms with Crippen molar-refractivity contribution in [2.24, 2.45) is 0 Å². The molecule has 266 valence electrons. The summed E-state index contributed by atoms with van der Waals surface area (Å²) < 4.78 is 44.6. The van der Waals surface area contributed by atoms with Gasteiger partial charge in [0.05, 0.1) is 26.4 Å². The van der Waals surface area contributed by atoms with Gasteiger partial charge in [0.2, 0.25) is 0 Å². The van der Waals surface area contributed by atoms with Gasteiger partial charge in [-0.1, -0.05) is 5.92 Å². The summed E-state index contributed by atoms with van der Waals surface area (Å²) >= 11 is 0. The molecule has 20 nitrogen and oxygen atoms in total. The summed E-state index contributed by atoms with van der Waals surface area (Å²) in [7, 11) is 0. The van der Waals surface area contributed by atoms with E-state index in [1.165, 1.54) is 0 Å². The molecule has 0 unspecified atom stereocenters. The van der Waals surface area contributed by atoms with Gasteiger partial charge in [-0.05, 0) is 0 Å². The predicted molar refractivity (Wildman–Crippen MR) is 140 cm³/mol. The van der Waals surface area contributed by atoms with E-state index in [4.69, 9.17) is 44.3 Å². The first-order chi connectivity index (χ1) is 21.9. The maximum absolute atomic E-state index is 11.1. The SMILES string of the molecule is C#CCO[C@@H]1O[C@H](CO)[C@@H](O[C@@H]2O[C@H](CO)[C@H](O)[C@H](O[C@@H]3OC[C@@H](O)[C@H](O)[C@H]3O)[C@H]2O[C@@H]2O[C@H](CO)[C@@H](O)[C@H](O)[C@H]2O)[C@H](O)[C@H]1O. The molecule has 4 aliphatic heterocycles. The zero-order chi connectivity index (χ0) is 33.9. The van der Waals surface area contributed by atoms with Crippen LogP contribution >= 0.6 is 0 Å². The third-order valence-corrected chi connectivity index (χ3v) is 8.13. The van der Waals surface area contributed by atoms with Crippen molar-refractivity contribution >= 4 is 0 Å². The molecule has 20 heteroatoms. The molecule has 4 rings (SSSR count). The van der Waals surface area contributed by atoms with E-state index >= 15 is 0 Å². The molecule has 0 aliphatic carbocycles. The van der Waals surface area contributed by atoms with Gasteiger partial charge in [0.25, 0.3) is 0 Å². The topological polar surface area (TPSA) is 317 Å². The molecule has 12 N–H and O–H groups in total. The minimum Gasteiger partial charge on any atom is -0.394 e. The van der Waals surface area contributed by atoms with Gasteiger partial charge in [0, 0.05) is 0 Å². The van der Waals surface area contributed by atoms with Crippen LogP contribution in [-0.4, -0.2) is 211 Å². The quantitative estimate of drug-likeness (QED) is 0.0905. The Hall–Kier alpha value is -1.24. The highest BCUT2D eigenvalue weighted by atomic mass is 16.8. The number of hydrogen-bond acceptors (Lipinski definition) is 20. The van der Waals surface area contributed by atoms with Gasteiger partial charge < -0.3 is 99.2 Å². The third-order valence-electron chi connectivity index (χ3n) is 8.13. The molecule has 0 radical (unpaired) electrons. The minimum absolute atomic E-state index is 0.325. The molecule has 4 saturated heterocycles. The van der Waals surface area contributed by atoms with Crippen molar-refractivity contribution in [3.05, 3.63) is 0 Å². The number of aliphatic hydroxyl groups excluding tert-OH is 12. The fraction of sp³-hybridized carbons (Fsp3) is 0.923. The van der Waals surface area contributed by atoms with Crippen LogP contribution < -0.4 is 0 Å². The zero-order valence-corrected chi connectivity index (χ0v) is 24.2. The van der Waals surface area contributed by atoms with Crippen LogP contribution in [0, 0.1) is 12.3 Å². The largest absolute Gasteiger partial charge is 0.394 e. The van der Waals surface area contributed by atoms with Crippen molar-refractivity contribution in [1.82, 2.24) is 0 Å². The van der Waals surface area contributed by atoms with E-state index in [1.807, 2.05) is 0 Å². The summed E-state index contributed by atoms with van der Waals surface area (Å²) in [6.07, 6.45) is -27.9. The smallest absolute Gasteiger partial charge is 0.187 e. The molecule has 0 bridgehead atoms. The lowest BCUT2D eigenvalue weighted by Gasteiger charge is -2.50. The minimum atomic E-state index is -2.00. The summed E-state index contributed by atoms with van der Waals surface area (Å²) in [6.45, 7) is -3.39. The summed E-state index contributed by atoms with van der Waals surface area (Å²) in [6, 6.07) is 0. The van der Waals surface area contributed by atoms with E-state index in [0.29, 0.717) is 0 Å². The van der Waals surface area contributed by atoms with Crippen LogP contribution in [0.4, 0.5) is 0 Å². The number of hydrogen-bond donors (Lipinski definition) is 12. The van der Waals surface area contributed by atoms with Gasteiger partial charge in [0.1, 0.15) is 98.2 Å².